The lowest BCUT2D eigenvalue weighted by Crippen LogP contribution is -2.27. The Kier molecular flexibility index (Phi) is 3.39. The summed E-state index contributed by atoms with van der Waals surface area (Å²) in [6, 6.07) is 9.27. The molecule has 0 saturated heterocycles. The molecule has 1 aromatic carbocycles. The summed E-state index contributed by atoms with van der Waals surface area (Å²) < 4.78 is 1.99. The van der Waals surface area contributed by atoms with Crippen molar-refractivity contribution in [3.8, 4) is 0 Å². The molecule has 96 valence electrons. The lowest BCUT2D eigenvalue weighted by atomic mass is 10.2. The molecule has 0 N–H and O–H groups in total. The largest absolute Gasteiger partial charge is 0.294 e. The number of benzene rings is 1. The van der Waals surface area contributed by atoms with Gasteiger partial charge in [-0.25, -0.2) is 0 Å². The lowest BCUT2D eigenvalue weighted by Gasteiger charge is -2.19. The number of rotatable bonds is 5. The summed E-state index contributed by atoms with van der Waals surface area (Å²) in [6.45, 7) is 2.08. The van der Waals surface area contributed by atoms with E-state index in [9.17, 15) is 0 Å². The van der Waals surface area contributed by atoms with Gasteiger partial charge < -0.3 is 0 Å². The highest BCUT2D eigenvalue weighted by Crippen LogP contribution is 2.29. The normalized spacial score (nSPS) is 15.7. The van der Waals surface area contributed by atoms with Gasteiger partial charge in [0, 0.05) is 36.9 Å². The Balaban J connectivity index is 1.89. The standard InChI is InChI=1S/C14H18BrN3/c1-17-14-5-3-2-4-12(14)13(16-17)10-18(9-8-15)11-6-7-11/h2-5,11H,6-10H2,1H3. The number of hydrogen-bond donors (Lipinski definition) is 0. The monoisotopic (exact) mass is 307 g/mol. The quantitative estimate of drug-likeness (QED) is 0.792. The Morgan fingerprint density at radius 1 is 1.39 bits per heavy atom. The second kappa shape index (κ2) is 5.02. The minimum absolute atomic E-state index is 0.781. The predicted molar refractivity (Wildman–Crippen MR) is 77.9 cm³/mol. The van der Waals surface area contributed by atoms with Crippen LogP contribution in [0, 0.1) is 0 Å². The number of alkyl halides is 1. The maximum absolute atomic E-state index is 4.68. The Morgan fingerprint density at radius 2 is 2.17 bits per heavy atom. The van der Waals surface area contributed by atoms with Gasteiger partial charge in [-0.05, 0) is 18.9 Å². The maximum atomic E-state index is 4.68. The van der Waals surface area contributed by atoms with Gasteiger partial charge in [0.25, 0.3) is 0 Å². The van der Waals surface area contributed by atoms with Crippen LogP contribution in [0.2, 0.25) is 0 Å². The van der Waals surface area contributed by atoms with Crippen LogP contribution in [0.15, 0.2) is 24.3 Å². The summed E-state index contributed by atoms with van der Waals surface area (Å²) in [5.41, 5.74) is 2.43. The van der Waals surface area contributed by atoms with Crippen molar-refractivity contribution < 1.29 is 0 Å². The molecule has 4 heteroatoms. The van der Waals surface area contributed by atoms with Crippen molar-refractivity contribution in [2.24, 2.45) is 7.05 Å². The summed E-state index contributed by atoms with van der Waals surface area (Å²) in [6.07, 6.45) is 2.69. The van der Waals surface area contributed by atoms with Gasteiger partial charge >= 0.3 is 0 Å². The first kappa shape index (κ1) is 12.2. The smallest absolute Gasteiger partial charge is 0.0843 e. The van der Waals surface area contributed by atoms with E-state index in [2.05, 4.69) is 50.2 Å². The topological polar surface area (TPSA) is 21.1 Å². The third-order valence-electron chi connectivity index (χ3n) is 3.62. The Labute approximate surface area is 116 Å². The molecule has 0 atom stereocenters. The minimum Gasteiger partial charge on any atom is -0.294 e. The van der Waals surface area contributed by atoms with Crippen LogP contribution in [0.5, 0.6) is 0 Å². The number of halogens is 1. The molecule has 1 aromatic heterocycles. The molecule has 1 heterocycles. The molecule has 2 aromatic rings. The molecular formula is C14H18BrN3. The second-order valence-corrected chi connectivity index (χ2v) is 5.77. The predicted octanol–water partition coefficient (Wildman–Crippen LogP) is 2.93. The molecule has 0 bridgehead atoms. The first-order valence-corrected chi connectivity index (χ1v) is 7.62. The molecule has 1 fully saturated rings. The molecule has 0 radical (unpaired) electrons. The third-order valence-corrected chi connectivity index (χ3v) is 3.98. The zero-order valence-electron chi connectivity index (χ0n) is 10.6. The summed E-state index contributed by atoms with van der Waals surface area (Å²) in [4.78, 5) is 2.55. The van der Waals surface area contributed by atoms with Crippen molar-refractivity contribution in [1.29, 1.82) is 0 Å². The number of hydrogen-bond acceptors (Lipinski definition) is 2. The Bertz CT molecular complexity index is 545. The number of fused-ring (bicyclic) bond motifs is 1. The SMILES string of the molecule is Cn1nc(CN(CCBr)C2CC2)c2ccccc21. The highest BCUT2D eigenvalue weighted by Gasteiger charge is 2.29. The van der Waals surface area contributed by atoms with Crippen molar-refractivity contribution >= 4 is 26.8 Å². The van der Waals surface area contributed by atoms with Gasteiger partial charge in [-0.3, -0.25) is 9.58 Å². The van der Waals surface area contributed by atoms with Gasteiger partial charge in [0.05, 0.1) is 11.2 Å². The van der Waals surface area contributed by atoms with Crippen LogP contribution < -0.4 is 0 Å². The average molecular weight is 308 g/mol. The van der Waals surface area contributed by atoms with Crippen molar-refractivity contribution in [3.05, 3.63) is 30.0 Å². The van der Waals surface area contributed by atoms with E-state index in [1.54, 1.807) is 0 Å². The summed E-state index contributed by atoms with van der Waals surface area (Å²) >= 11 is 3.55. The molecule has 18 heavy (non-hydrogen) atoms. The zero-order chi connectivity index (χ0) is 12.5. The molecular weight excluding hydrogens is 290 g/mol. The molecule has 0 unspecified atom stereocenters. The fourth-order valence-corrected chi connectivity index (χ4v) is 2.99. The van der Waals surface area contributed by atoms with E-state index in [-0.39, 0.29) is 0 Å². The highest BCUT2D eigenvalue weighted by molar-refractivity contribution is 9.09. The van der Waals surface area contributed by atoms with Crippen molar-refractivity contribution in [3.63, 3.8) is 0 Å². The molecule has 3 rings (SSSR count). The first-order chi connectivity index (χ1) is 8.79. The lowest BCUT2D eigenvalue weighted by molar-refractivity contribution is 0.269. The van der Waals surface area contributed by atoms with Gasteiger partial charge in [-0.15, -0.1) is 0 Å². The van der Waals surface area contributed by atoms with E-state index in [0.29, 0.717) is 0 Å². The van der Waals surface area contributed by atoms with Crippen LogP contribution >= 0.6 is 15.9 Å². The van der Waals surface area contributed by atoms with Crippen LogP contribution in [0.4, 0.5) is 0 Å². The fraction of sp³-hybridized carbons (Fsp3) is 0.500. The van der Waals surface area contributed by atoms with Crippen molar-refractivity contribution in [2.75, 3.05) is 11.9 Å². The van der Waals surface area contributed by atoms with E-state index < -0.39 is 0 Å². The number of aromatic nitrogens is 2. The molecule has 0 spiro atoms. The zero-order valence-corrected chi connectivity index (χ0v) is 12.2. The second-order valence-electron chi connectivity index (χ2n) is 4.98. The first-order valence-electron chi connectivity index (χ1n) is 6.50. The van der Waals surface area contributed by atoms with E-state index in [4.69, 9.17) is 0 Å². The van der Waals surface area contributed by atoms with Crippen LogP contribution in [0.3, 0.4) is 0 Å². The Morgan fingerprint density at radius 3 is 2.89 bits per heavy atom. The van der Waals surface area contributed by atoms with Gasteiger partial charge in [0.1, 0.15) is 0 Å². The molecule has 0 aliphatic heterocycles. The van der Waals surface area contributed by atoms with Gasteiger partial charge in [-0.2, -0.15) is 5.10 Å². The minimum atomic E-state index is 0.781. The molecule has 1 aliphatic rings. The van der Waals surface area contributed by atoms with Crippen LogP contribution in [-0.2, 0) is 13.6 Å². The van der Waals surface area contributed by atoms with Gasteiger partial charge in [0.2, 0.25) is 0 Å². The molecule has 1 saturated carbocycles. The van der Waals surface area contributed by atoms with Crippen molar-refractivity contribution in [2.45, 2.75) is 25.4 Å². The van der Waals surface area contributed by atoms with Crippen LogP contribution in [0.25, 0.3) is 10.9 Å². The van der Waals surface area contributed by atoms with E-state index in [1.165, 1.54) is 29.4 Å². The molecule has 3 nitrogen and oxygen atoms in total. The molecule has 0 amide bonds. The fourth-order valence-electron chi connectivity index (χ4n) is 2.54. The van der Waals surface area contributed by atoms with E-state index in [1.807, 2.05) is 11.7 Å². The summed E-state index contributed by atoms with van der Waals surface area (Å²) in [7, 11) is 2.03. The number of nitrogens with zero attached hydrogens (tertiary/aromatic N) is 3. The number of aryl methyl sites for hydroxylation is 1. The van der Waals surface area contributed by atoms with Gasteiger partial charge in [0.15, 0.2) is 0 Å². The summed E-state index contributed by atoms with van der Waals surface area (Å²) in [5, 5.41) is 7.01. The average Bonchev–Trinajstić information content (AvgIpc) is 3.17. The Hall–Kier alpha value is -0.870. The van der Waals surface area contributed by atoms with E-state index >= 15 is 0 Å². The van der Waals surface area contributed by atoms with Crippen molar-refractivity contribution in [1.82, 2.24) is 14.7 Å². The van der Waals surface area contributed by atoms with Crippen LogP contribution in [-0.4, -0.2) is 32.6 Å². The highest BCUT2D eigenvalue weighted by atomic mass is 79.9. The maximum Gasteiger partial charge on any atom is 0.0843 e. The number of para-hydroxylation sites is 1. The van der Waals surface area contributed by atoms with E-state index in [0.717, 1.165) is 24.5 Å². The third kappa shape index (κ3) is 2.31. The van der Waals surface area contributed by atoms with Gasteiger partial charge in [-0.1, -0.05) is 34.1 Å². The summed E-state index contributed by atoms with van der Waals surface area (Å²) in [5.74, 6) is 0. The van der Waals surface area contributed by atoms with Crippen LogP contribution in [0.1, 0.15) is 18.5 Å². The molecule has 1 aliphatic carbocycles.